The normalized spacial score (nSPS) is 18.6. The Morgan fingerprint density at radius 2 is 2.23 bits per heavy atom. The first-order valence-electron chi connectivity index (χ1n) is 8.70. The lowest BCUT2D eigenvalue weighted by Crippen LogP contribution is -2.49. The van der Waals surface area contributed by atoms with E-state index in [-0.39, 0.29) is 24.1 Å². The zero-order chi connectivity index (χ0) is 18.7. The van der Waals surface area contributed by atoms with Crippen LogP contribution in [-0.4, -0.2) is 49.5 Å². The van der Waals surface area contributed by atoms with Gasteiger partial charge in [0, 0.05) is 30.7 Å². The van der Waals surface area contributed by atoms with Crippen LogP contribution in [-0.2, 0) is 14.8 Å². The summed E-state index contributed by atoms with van der Waals surface area (Å²) < 4.78 is 32.7. The van der Waals surface area contributed by atoms with Gasteiger partial charge in [-0.05, 0) is 44.4 Å². The van der Waals surface area contributed by atoms with Crippen molar-refractivity contribution in [3.8, 4) is 0 Å². The molecule has 1 N–H and O–H groups in total. The summed E-state index contributed by atoms with van der Waals surface area (Å²) in [7, 11) is -3.70. The number of fused-ring (bicyclic) bond motifs is 1. The topological polar surface area (TPSA) is 88.6 Å². The average Bonchev–Trinajstić information content (AvgIpc) is 2.61. The minimum absolute atomic E-state index is 0.201. The molecule has 3 rings (SSSR count). The molecule has 1 aromatic carbocycles. The largest absolute Gasteiger partial charge is 0.450 e. The molecule has 1 aromatic heterocycles. The smallest absolute Gasteiger partial charge is 0.407 e. The zero-order valence-electron chi connectivity index (χ0n) is 14.9. The maximum atomic E-state index is 13.2. The van der Waals surface area contributed by atoms with Crippen molar-refractivity contribution in [1.29, 1.82) is 0 Å². The van der Waals surface area contributed by atoms with Gasteiger partial charge in [-0.15, -0.1) is 0 Å². The first kappa shape index (κ1) is 18.6. The number of rotatable bonds is 4. The van der Waals surface area contributed by atoms with E-state index in [1.54, 1.807) is 25.3 Å². The molecule has 1 atom stereocenters. The molecule has 0 bridgehead atoms. The highest BCUT2D eigenvalue weighted by Gasteiger charge is 2.32. The van der Waals surface area contributed by atoms with Gasteiger partial charge in [0.2, 0.25) is 10.0 Å². The lowest BCUT2D eigenvalue weighted by atomic mass is 10.1. The van der Waals surface area contributed by atoms with Crippen molar-refractivity contribution in [1.82, 2.24) is 14.6 Å². The van der Waals surface area contributed by atoms with Crippen LogP contribution in [0.5, 0.6) is 0 Å². The number of para-hydroxylation sites is 1. The van der Waals surface area contributed by atoms with Gasteiger partial charge in [0.05, 0.1) is 12.1 Å². The Hall–Kier alpha value is -2.19. The Morgan fingerprint density at radius 1 is 1.42 bits per heavy atom. The number of alkyl carbamates (subject to hydrolysis) is 1. The second-order valence-corrected chi connectivity index (χ2v) is 8.31. The summed E-state index contributed by atoms with van der Waals surface area (Å²) in [6.07, 6.45) is 2.55. The van der Waals surface area contributed by atoms with E-state index in [0.29, 0.717) is 18.5 Å². The summed E-state index contributed by atoms with van der Waals surface area (Å²) in [4.78, 5) is 16.2. The second-order valence-electron chi connectivity index (χ2n) is 6.41. The lowest BCUT2D eigenvalue weighted by Gasteiger charge is -2.32. The minimum Gasteiger partial charge on any atom is -0.450 e. The quantitative estimate of drug-likeness (QED) is 0.884. The Labute approximate surface area is 153 Å². The van der Waals surface area contributed by atoms with Crippen molar-refractivity contribution in [2.24, 2.45) is 0 Å². The van der Waals surface area contributed by atoms with Crippen molar-refractivity contribution in [2.45, 2.75) is 37.6 Å². The Morgan fingerprint density at radius 3 is 3.00 bits per heavy atom. The van der Waals surface area contributed by atoms with E-state index in [2.05, 4.69) is 10.3 Å². The van der Waals surface area contributed by atoms with Crippen LogP contribution in [0.1, 0.15) is 25.3 Å². The van der Waals surface area contributed by atoms with E-state index < -0.39 is 16.1 Å². The van der Waals surface area contributed by atoms with Gasteiger partial charge in [0.1, 0.15) is 4.90 Å². The molecule has 0 unspecified atom stereocenters. The summed E-state index contributed by atoms with van der Waals surface area (Å²) in [5.74, 6) is 0. The molecule has 1 saturated heterocycles. The summed E-state index contributed by atoms with van der Waals surface area (Å²) in [6.45, 7) is 4.58. The molecule has 7 nitrogen and oxygen atoms in total. The number of nitrogens with one attached hydrogen (secondary N) is 1. The molecule has 2 heterocycles. The van der Waals surface area contributed by atoms with Crippen LogP contribution in [0.3, 0.4) is 0 Å². The van der Waals surface area contributed by atoms with Gasteiger partial charge in [-0.1, -0.05) is 12.1 Å². The maximum Gasteiger partial charge on any atom is 0.407 e. The fourth-order valence-corrected chi connectivity index (χ4v) is 4.90. The number of sulfonamides is 1. The molecule has 1 aliphatic rings. The van der Waals surface area contributed by atoms with Crippen LogP contribution in [0.15, 0.2) is 35.4 Å². The summed E-state index contributed by atoms with van der Waals surface area (Å²) in [5, 5.41) is 3.53. The SMILES string of the molecule is CCOC(=O)N[C@@H]1CCCN(S(=O)(=O)c2cccc3cc(C)cnc23)C1. The number of piperidine rings is 1. The standard InChI is InChI=1S/C18H23N3O4S/c1-3-25-18(22)20-15-7-5-9-21(12-15)26(23,24)16-8-4-6-14-10-13(2)11-19-17(14)16/h4,6,8,10-11,15H,3,5,7,9,12H2,1-2H3,(H,20,22)/t15-/m1/s1. The predicted octanol–water partition coefficient (Wildman–Crippen LogP) is 2.44. The number of benzene rings is 1. The van der Waals surface area contributed by atoms with Gasteiger partial charge in [-0.2, -0.15) is 4.31 Å². The highest BCUT2D eigenvalue weighted by Crippen LogP contribution is 2.26. The molecule has 26 heavy (non-hydrogen) atoms. The maximum absolute atomic E-state index is 13.2. The van der Waals surface area contributed by atoms with Gasteiger partial charge in [0.15, 0.2) is 0 Å². The number of ether oxygens (including phenoxy) is 1. The Bertz CT molecular complexity index is 914. The summed E-state index contributed by atoms with van der Waals surface area (Å²) in [6, 6.07) is 6.83. The highest BCUT2D eigenvalue weighted by atomic mass is 32.2. The number of aryl methyl sites for hydroxylation is 1. The van der Waals surface area contributed by atoms with Crippen molar-refractivity contribution in [2.75, 3.05) is 19.7 Å². The molecular formula is C18H23N3O4S. The average molecular weight is 377 g/mol. The van der Waals surface area contributed by atoms with E-state index in [9.17, 15) is 13.2 Å². The van der Waals surface area contributed by atoms with E-state index in [1.807, 2.05) is 19.1 Å². The van der Waals surface area contributed by atoms with Crippen LogP contribution >= 0.6 is 0 Å². The summed E-state index contributed by atoms with van der Waals surface area (Å²) >= 11 is 0. The molecule has 0 aliphatic carbocycles. The van der Waals surface area contributed by atoms with E-state index in [1.165, 1.54) is 4.31 Å². The number of aromatic nitrogens is 1. The highest BCUT2D eigenvalue weighted by molar-refractivity contribution is 7.89. The third kappa shape index (κ3) is 3.81. The van der Waals surface area contributed by atoms with Gasteiger partial charge in [-0.3, -0.25) is 4.98 Å². The van der Waals surface area contributed by atoms with Crippen LogP contribution < -0.4 is 5.32 Å². The van der Waals surface area contributed by atoms with Gasteiger partial charge in [0.25, 0.3) is 0 Å². The lowest BCUT2D eigenvalue weighted by molar-refractivity contribution is 0.142. The number of amides is 1. The Kier molecular flexibility index (Phi) is 5.43. The van der Waals surface area contributed by atoms with Gasteiger partial charge < -0.3 is 10.1 Å². The molecule has 1 fully saturated rings. The summed E-state index contributed by atoms with van der Waals surface area (Å²) in [5.41, 5.74) is 1.45. The van der Waals surface area contributed by atoms with Gasteiger partial charge >= 0.3 is 6.09 Å². The molecular weight excluding hydrogens is 354 g/mol. The van der Waals surface area contributed by atoms with Crippen LogP contribution in [0.2, 0.25) is 0 Å². The van der Waals surface area contributed by atoms with Crippen LogP contribution in [0.4, 0.5) is 4.79 Å². The van der Waals surface area contributed by atoms with Crippen molar-refractivity contribution in [3.63, 3.8) is 0 Å². The first-order valence-corrected chi connectivity index (χ1v) is 10.1. The second kappa shape index (κ2) is 7.59. The molecule has 0 spiro atoms. The number of hydrogen-bond donors (Lipinski definition) is 1. The number of carbonyl (C=O) groups excluding carboxylic acids is 1. The zero-order valence-corrected chi connectivity index (χ0v) is 15.8. The monoisotopic (exact) mass is 377 g/mol. The first-order chi connectivity index (χ1) is 12.4. The molecule has 1 aliphatic heterocycles. The van der Waals surface area contributed by atoms with Crippen molar-refractivity contribution < 1.29 is 17.9 Å². The third-order valence-electron chi connectivity index (χ3n) is 4.41. The molecule has 0 saturated carbocycles. The van der Waals surface area contributed by atoms with E-state index >= 15 is 0 Å². The fraction of sp³-hybridized carbons (Fsp3) is 0.444. The third-order valence-corrected chi connectivity index (χ3v) is 6.31. The number of pyridine rings is 1. The predicted molar refractivity (Wildman–Crippen MR) is 98.4 cm³/mol. The fourth-order valence-electron chi connectivity index (χ4n) is 3.21. The van der Waals surface area contributed by atoms with Gasteiger partial charge in [-0.25, -0.2) is 13.2 Å². The van der Waals surface area contributed by atoms with Crippen molar-refractivity contribution in [3.05, 3.63) is 36.0 Å². The molecule has 8 heteroatoms. The molecule has 1 amide bonds. The van der Waals surface area contributed by atoms with Crippen LogP contribution in [0, 0.1) is 6.92 Å². The molecule has 140 valence electrons. The Balaban J connectivity index is 1.87. The molecule has 2 aromatic rings. The number of hydrogen-bond acceptors (Lipinski definition) is 5. The number of nitrogens with zero attached hydrogens (tertiary/aromatic N) is 2. The minimum atomic E-state index is -3.70. The van der Waals surface area contributed by atoms with Crippen molar-refractivity contribution >= 4 is 27.0 Å². The van der Waals surface area contributed by atoms with E-state index in [4.69, 9.17) is 4.74 Å². The van der Waals surface area contributed by atoms with Crippen LogP contribution in [0.25, 0.3) is 10.9 Å². The van der Waals surface area contributed by atoms with E-state index in [0.717, 1.165) is 17.4 Å². The number of carbonyl (C=O) groups is 1. The molecule has 0 radical (unpaired) electrons.